The Balaban J connectivity index is 2.18. The molecular weight excluding hydrogens is 313 g/mol. The highest BCUT2D eigenvalue weighted by Crippen LogP contribution is 2.23. The first-order chi connectivity index (χ1) is 9.10. The molecule has 4 nitrogen and oxygen atoms in total. The van der Waals surface area contributed by atoms with Crippen LogP contribution in [0.3, 0.4) is 0 Å². The van der Waals surface area contributed by atoms with E-state index in [1.54, 1.807) is 25.4 Å². The van der Waals surface area contributed by atoms with Crippen molar-refractivity contribution in [2.75, 3.05) is 17.7 Å². The number of rotatable bonds is 3. The highest BCUT2D eigenvalue weighted by molar-refractivity contribution is 9.10. The summed E-state index contributed by atoms with van der Waals surface area (Å²) in [6.45, 7) is 0. The van der Waals surface area contributed by atoms with Gasteiger partial charge in [-0.2, -0.15) is 0 Å². The van der Waals surface area contributed by atoms with E-state index in [0.717, 1.165) is 5.69 Å². The minimum atomic E-state index is -0.419. The van der Waals surface area contributed by atoms with E-state index in [0.29, 0.717) is 10.2 Å². The molecule has 0 aliphatic heterocycles. The van der Waals surface area contributed by atoms with Gasteiger partial charge in [0.05, 0.1) is 17.6 Å². The van der Waals surface area contributed by atoms with E-state index in [2.05, 4.69) is 31.5 Å². The zero-order valence-corrected chi connectivity index (χ0v) is 11.7. The molecule has 0 fully saturated rings. The maximum absolute atomic E-state index is 13.1. The highest BCUT2D eigenvalue weighted by Gasteiger charge is 2.10. The number of pyridine rings is 1. The van der Waals surface area contributed by atoms with E-state index in [4.69, 9.17) is 0 Å². The number of carbonyl (C=O) groups is 1. The number of nitrogens with zero attached hydrogens (tertiary/aromatic N) is 1. The van der Waals surface area contributed by atoms with Crippen LogP contribution in [0.1, 0.15) is 10.5 Å². The molecule has 1 aromatic carbocycles. The SMILES string of the molecule is CNc1ccc(C(=O)Nc2cc(F)ccc2Br)nc1. The van der Waals surface area contributed by atoms with Gasteiger partial charge < -0.3 is 10.6 Å². The predicted octanol–water partition coefficient (Wildman–Crippen LogP) is 3.28. The third kappa shape index (κ3) is 3.29. The lowest BCUT2D eigenvalue weighted by molar-refractivity contribution is 0.102. The smallest absolute Gasteiger partial charge is 0.274 e. The Morgan fingerprint density at radius 3 is 2.74 bits per heavy atom. The van der Waals surface area contributed by atoms with Crippen molar-refractivity contribution in [3.63, 3.8) is 0 Å². The Bertz CT molecular complexity index is 601. The van der Waals surface area contributed by atoms with Crippen LogP contribution in [0, 0.1) is 5.82 Å². The normalized spacial score (nSPS) is 10.1. The van der Waals surface area contributed by atoms with Crippen LogP contribution in [-0.2, 0) is 0 Å². The van der Waals surface area contributed by atoms with Crippen molar-refractivity contribution in [1.82, 2.24) is 4.98 Å². The molecular formula is C13H11BrFN3O. The number of nitrogens with one attached hydrogen (secondary N) is 2. The summed E-state index contributed by atoms with van der Waals surface area (Å²) in [4.78, 5) is 16.0. The second kappa shape index (κ2) is 5.79. The number of halogens is 2. The minimum absolute atomic E-state index is 0.259. The number of aromatic nitrogens is 1. The van der Waals surface area contributed by atoms with Gasteiger partial charge in [-0.3, -0.25) is 4.79 Å². The summed E-state index contributed by atoms with van der Waals surface area (Å²) >= 11 is 3.24. The van der Waals surface area contributed by atoms with E-state index < -0.39 is 11.7 Å². The van der Waals surface area contributed by atoms with Gasteiger partial charge in [-0.15, -0.1) is 0 Å². The highest BCUT2D eigenvalue weighted by atomic mass is 79.9. The fourth-order valence-electron chi connectivity index (χ4n) is 1.46. The molecule has 2 rings (SSSR count). The average molecular weight is 324 g/mol. The number of hydrogen-bond acceptors (Lipinski definition) is 3. The molecule has 0 unspecified atom stereocenters. The first-order valence-electron chi connectivity index (χ1n) is 5.50. The molecule has 2 aromatic rings. The third-order valence-electron chi connectivity index (χ3n) is 2.46. The van der Waals surface area contributed by atoms with Crippen LogP contribution in [-0.4, -0.2) is 17.9 Å². The van der Waals surface area contributed by atoms with E-state index in [1.165, 1.54) is 18.2 Å². The van der Waals surface area contributed by atoms with Crippen LogP contribution in [0.2, 0.25) is 0 Å². The Morgan fingerprint density at radius 2 is 2.11 bits per heavy atom. The number of benzene rings is 1. The van der Waals surface area contributed by atoms with Gasteiger partial charge in [-0.1, -0.05) is 0 Å². The Morgan fingerprint density at radius 1 is 1.32 bits per heavy atom. The lowest BCUT2D eigenvalue weighted by Crippen LogP contribution is -2.14. The first kappa shape index (κ1) is 13.5. The molecule has 0 atom stereocenters. The summed E-state index contributed by atoms with van der Waals surface area (Å²) in [6.07, 6.45) is 1.55. The standard InChI is InChI=1S/C13H11BrFN3O/c1-16-9-3-5-11(17-7-9)13(19)18-12-6-8(15)2-4-10(12)14/h2-7,16H,1H3,(H,18,19). The van der Waals surface area contributed by atoms with E-state index in [9.17, 15) is 9.18 Å². The van der Waals surface area contributed by atoms with Crippen LogP contribution in [0.15, 0.2) is 41.0 Å². The van der Waals surface area contributed by atoms with Gasteiger partial charge in [-0.25, -0.2) is 9.37 Å². The molecule has 98 valence electrons. The van der Waals surface area contributed by atoms with Gasteiger partial charge in [-0.05, 0) is 46.3 Å². The van der Waals surface area contributed by atoms with Gasteiger partial charge in [0.15, 0.2) is 0 Å². The largest absolute Gasteiger partial charge is 0.387 e. The summed E-state index contributed by atoms with van der Waals surface area (Å²) in [5.41, 5.74) is 1.43. The topological polar surface area (TPSA) is 54.0 Å². The van der Waals surface area contributed by atoms with Crippen molar-refractivity contribution in [3.05, 3.63) is 52.5 Å². The minimum Gasteiger partial charge on any atom is -0.387 e. The van der Waals surface area contributed by atoms with Crippen LogP contribution in [0.5, 0.6) is 0 Å². The van der Waals surface area contributed by atoms with Crippen LogP contribution < -0.4 is 10.6 Å². The van der Waals surface area contributed by atoms with E-state index in [-0.39, 0.29) is 5.69 Å². The van der Waals surface area contributed by atoms with E-state index in [1.807, 2.05) is 0 Å². The predicted molar refractivity (Wildman–Crippen MR) is 75.8 cm³/mol. The summed E-state index contributed by atoms with van der Waals surface area (Å²) in [5.74, 6) is -0.814. The molecule has 1 amide bonds. The zero-order chi connectivity index (χ0) is 13.8. The van der Waals surface area contributed by atoms with Crippen LogP contribution in [0.25, 0.3) is 0 Å². The summed E-state index contributed by atoms with van der Waals surface area (Å²) in [5, 5.41) is 5.50. The second-order valence-electron chi connectivity index (χ2n) is 3.76. The summed E-state index contributed by atoms with van der Waals surface area (Å²) < 4.78 is 13.7. The number of hydrogen-bond donors (Lipinski definition) is 2. The van der Waals surface area contributed by atoms with Gasteiger partial charge in [0.1, 0.15) is 11.5 Å². The van der Waals surface area contributed by atoms with Gasteiger partial charge >= 0.3 is 0 Å². The summed E-state index contributed by atoms with van der Waals surface area (Å²) in [7, 11) is 1.76. The number of amides is 1. The van der Waals surface area contributed by atoms with Crippen molar-refractivity contribution in [2.45, 2.75) is 0 Å². The molecule has 1 heterocycles. The molecule has 0 aliphatic carbocycles. The average Bonchev–Trinajstić information content (AvgIpc) is 2.43. The lowest BCUT2D eigenvalue weighted by atomic mass is 10.2. The molecule has 1 aromatic heterocycles. The van der Waals surface area contributed by atoms with Crippen molar-refractivity contribution >= 4 is 33.2 Å². The van der Waals surface area contributed by atoms with Gasteiger partial charge in [0.25, 0.3) is 5.91 Å². The van der Waals surface area contributed by atoms with E-state index >= 15 is 0 Å². The molecule has 0 spiro atoms. The summed E-state index contributed by atoms with van der Waals surface area (Å²) in [6, 6.07) is 7.41. The fourth-order valence-corrected chi connectivity index (χ4v) is 1.80. The number of anilines is 2. The maximum Gasteiger partial charge on any atom is 0.274 e. The Labute approximate surface area is 118 Å². The fraction of sp³-hybridized carbons (Fsp3) is 0.0769. The van der Waals surface area contributed by atoms with Crippen molar-refractivity contribution in [2.24, 2.45) is 0 Å². The molecule has 0 radical (unpaired) electrons. The molecule has 19 heavy (non-hydrogen) atoms. The molecule has 2 N–H and O–H groups in total. The molecule has 0 aliphatic rings. The van der Waals surface area contributed by atoms with Gasteiger partial charge in [0.2, 0.25) is 0 Å². The van der Waals surface area contributed by atoms with Crippen LogP contribution >= 0.6 is 15.9 Å². The van der Waals surface area contributed by atoms with Gasteiger partial charge in [0, 0.05) is 11.5 Å². The lowest BCUT2D eigenvalue weighted by Gasteiger charge is -2.07. The third-order valence-corrected chi connectivity index (χ3v) is 3.15. The molecule has 0 saturated heterocycles. The Kier molecular flexibility index (Phi) is 4.11. The first-order valence-corrected chi connectivity index (χ1v) is 6.29. The molecule has 0 saturated carbocycles. The molecule has 6 heteroatoms. The monoisotopic (exact) mass is 323 g/mol. The van der Waals surface area contributed by atoms with Crippen molar-refractivity contribution in [3.8, 4) is 0 Å². The van der Waals surface area contributed by atoms with Crippen molar-refractivity contribution < 1.29 is 9.18 Å². The van der Waals surface area contributed by atoms with Crippen LogP contribution in [0.4, 0.5) is 15.8 Å². The zero-order valence-electron chi connectivity index (χ0n) is 10.1. The number of carbonyl (C=O) groups excluding carboxylic acids is 1. The second-order valence-corrected chi connectivity index (χ2v) is 4.61. The maximum atomic E-state index is 13.1. The van der Waals surface area contributed by atoms with Crippen molar-refractivity contribution in [1.29, 1.82) is 0 Å². The quantitative estimate of drug-likeness (QED) is 0.911. The molecule has 0 bridgehead atoms. The Hall–Kier alpha value is -1.95.